The van der Waals surface area contributed by atoms with Gasteiger partial charge in [-0.1, -0.05) is 37.6 Å². The Hall–Kier alpha value is -1.54. The van der Waals surface area contributed by atoms with E-state index in [0.717, 1.165) is 24.0 Å². The largest absolute Gasteiger partial charge is 0.464 e. The monoisotopic (exact) mass is 269 g/mol. The molecule has 1 fully saturated rings. The molecular weight excluding hydrogens is 246 g/mol. The lowest BCUT2D eigenvalue weighted by Gasteiger charge is -2.27. The minimum absolute atomic E-state index is 0.161. The number of benzene rings is 1. The molecule has 1 saturated carbocycles. The van der Waals surface area contributed by atoms with E-state index in [9.17, 15) is 0 Å². The molecule has 0 amide bonds. The molecule has 1 atom stereocenters. The lowest BCUT2D eigenvalue weighted by molar-refractivity contribution is 0.417. The van der Waals surface area contributed by atoms with E-state index in [1.165, 1.54) is 30.4 Å². The van der Waals surface area contributed by atoms with Crippen molar-refractivity contribution >= 4 is 0 Å². The third-order valence-corrected chi connectivity index (χ3v) is 4.27. The summed E-state index contributed by atoms with van der Waals surface area (Å²) in [5.74, 6) is 2.75. The third-order valence-electron chi connectivity index (χ3n) is 4.27. The highest BCUT2D eigenvalue weighted by Gasteiger charge is 2.22. The fourth-order valence-electron chi connectivity index (χ4n) is 2.93. The first-order valence-corrected chi connectivity index (χ1v) is 7.67. The molecule has 20 heavy (non-hydrogen) atoms. The molecule has 2 aromatic rings. The second-order valence-electron chi connectivity index (χ2n) is 5.74. The molecule has 3 rings (SSSR count). The zero-order chi connectivity index (χ0) is 13.9. The molecular formula is C18H23NO. The molecule has 106 valence electrons. The van der Waals surface area contributed by atoms with E-state index in [-0.39, 0.29) is 6.04 Å². The smallest absolute Gasteiger partial charge is 0.125 e. The van der Waals surface area contributed by atoms with Gasteiger partial charge in [0, 0.05) is 0 Å². The first-order chi connectivity index (χ1) is 9.78. The predicted molar refractivity (Wildman–Crippen MR) is 82.0 cm³/mol. The zero-order valence-electron chi connectivity index (χ0n) is 12.4. The Labute approximate surface area is 121 Å². The van der Waals surface area contributed by atoms with Gasteiger partial charge in [-0.2, -0.15) is 0 Å². The molecule has 0 spiro atoms. The van der Waals surface area contributed by atoms with Gasteiger partial charge in [0.15, 0.2) is 0 Å². The molecule has 1 N–H and O–H groups in total. The lowest BCUT2D eigenvalue weighted by atomic mass is 9.79. The fourth-order valence-corrected chi connectivity index (χ4v) is 2.93. The summed E-state index contributed by atoms with van der Waals surface area (Å²) in [5.41, 5.74) is 2.80. The van der Waals surface area contributed by atoms with Gasteiger partial charge in [-0.3, -0.25) is 0 Å². The lowest BCUT2D eigenvalue weighted by Crippen LogP contribution is -2.22. The molecule has 0 radical (unpaired) electrons. The van der Waals surface area contributed by atoms with Crippen LogP contribution in [0, 0.1) is 6.92 Å². The van der Waals surface area contributed by atoms with Crippen LogP contribution in [0.5, 0.6) is 0 Å². The third kappa shape index (κ3) is 2.66. The molecule has 0 saturated heterocycles. The van der Waals surface area contributed by atoms with Crippen LogP contribution in [0.25, 0.3) is 0 Å². The number of nitrogens with one attached hydrogen (secondary N) is 1. The van der Waals surface area contributed by atoms with Crippen LogP contribution in [-0.2, 0) is 0 Å². The average molecular weight is 269 g/mol. The van der Waals surface area contributed by atoms with Crippen LogP contribution in [0.1, 0.15) is 60.8 Å². The van der Waals surface area contributed by atoms with Crippen LogP contribution in [0.15, 0.2) is 40.8 Å². The van der Waals surface area contributed by atoms with Gasteiger partial charge in [-0.25, -0.2) is 0 Å². The summed E-state index contributed by atoms with van der Waals surface area (Å²) >= 11 is 0. The Balaban J connectivity index is 1.90. The summed E-state index contributed by atoms with van der Waals surface area (Å²) in [6, 6.07) is 13.3. The molecule has 0 aliphatic heterocycles. The van der Waals surface area contributed by atoms with Crippen LogP contribution in [0.2, 0.25) is 0 Å². The van der Waals surface area contributed by atoms with Crippen molar-refractivity contribution in [2.24, 2.45) is 0 Å². The van der Waals surface area contributed by atoms with E-state index in [4.69, 9.17) is 4.42 Å². The van der Waals surface area contributed by atoms with E-state index in [2.05, 4.69) is 42.6 Å². The topological polar surface area (TPSA) is 25.2 Å². The minimum Gasteiger partial charge on any atom is -0.464 e. The predicted octanol–water partition coefficient (Wildman–Crippen LogP) is 4.55. The highest BCUT2D eigenvalue weighted by Crippen LogP contribution is 2.37. The van der Waals surface area contributed by atoms with E-state index in [1.807, 2.05) is 13.0 Å². The number of rotatable bonds is 5. The number of hydrogen-bond acceptors (Lipinski definition) is 2. The van der Waals surface area contributed by atoms with Crippen molar-refractivity contribution in [1.29, 1.82) is 0 Å². The van der Waals surface area contributed by atoms with Gasteiger partial charge in [0.25, 0.3) is 0 Å². The summed E-state index contributed by atoms with van der Waals surface area (Å²) in [6.07, 6.45) is 4.06. The Morgan fingerprint density at radius 3 is 2.70 bits per heavy atom. The molecule has 0 bridgehead atoms. The van der Waals surface area contributed by atoms with Gasteiger partial charge in [0.1, 0.15) is 11.5 Å². The van der Waals surface area contributed by atoms with Crippen LogP contribution in [0.4, 0.5) is 0 Å². The second kappa shape index (κ2) is 5.84. The number of aryl methyl sites for hydroxylation is 1. The van der Waals surface area contributed by atoms with Gasteiger partial charge in [0.05, 0.1) is 6.04 Å². The van der Waals surface area contributed by atoms with Crippen LogP contribution >= 0.6 is 0 Å². The van der Waals surface area contributed by atoms with Crippen molar-refractivity contribution in [2.75, 3.05) is 6.54 Å². The van der Waals surface area contributed by atoms with E-state index < -0.39 is 0 Å². The summed E-state index contributed by atoms with van der Waals surface area (Å²) in [7, 11) is 0. The van der Waals surface area contributed by atoms with Gasteiger partial charge in [0.2, 0.25) is 0 Å². The van der Waals surface area contributed by atoms with Crippen LogP contribution in [0.3, 0.4) is 0 Å². The zero-order valence-corrected chi connectivity index (χ0v) is 12.4. The quantitative estimate of drug-likeness (QED) is 0.861. The fraction of sp³-hybridized carbons (Fsp3) is 0.444. The first-order valence-electron chi connectivity index (χ1n) is 7.67. The Kier molecular flexibility index (Phi) is 3.93. The molecule has 1 aromatic carbocycles. The molecule has 1 unspecified atom stereocenters. The van der Waals surface area contributed by atoms with Gasteiger partial charge in [-0.15, -0.1) is 0 Å². The van der Waals surface area contributed by atoms with E-state index in [1.54, 1.807) is 0 Å². The van der Waals surface area contributed by atoms with Crippen molar-refractivity contribution in [2.45, 2.75) is 45.1 Å². The van der Waals surface area contributed by atoms with Crippen molar-refractivity contribution in [1.82, 2.24) is 5.32 Å². The maximum Gasteiger partial charge on any atom is 0.125 e. The summed E-state index contributed by atoms with van der Waals surface area (Å²) in [4.78, 5) is 0. The number of furan rings is 1. The summed E-state index contributed by atoms with van der Waals surface area (Å²) in [5, 5.41) is 3.54. The Morgan fingerprint density at radius 1 is 1.25 bits per heavy atom. The van der Waals surface area contributed by atoms with Crippen molar-refractivity contribution < 1.29 is 4.42 Å². The van der Waals surface area contributed by atoms with Gasteiger partial charge in [-0.05, 0) is 55.5 Å². The standard InChI is InChI=1S/C18H23NO/c1-3-19-18(17-11-10-13(2)20-17)16-9-5-8-15(12-16)14-6-4-7-14/h5,8-12,14,18-19H,3-4,6-7H2,1-2H3. The van der Waals surface area contributed by atoms with Gasteiger partial charge < -0.3 is 9.73 Å². The Bertz CT molecular complexity index is 568. The molecule has 2 nitrogen and oxygen atoms in total. The maximum atomic E-state index is 5.83. The molecule has 1 aliphatic rings. The molecule has 1 aliphatic carbocycles. The summed E-state index contributed by atoms with van der Waals surface area (Å²) in [6.45, 7) is 5.06. The van der Waals surface area contributed by atoms with Crippen molar-refractivity contribution in [3.8, 4) is 0 Å². The van der Waals surface area contributed by atoms with Crippen molar-refractivity contribution in [3.05, 3.63) is 59.0 Å². The highest BCUT2D eigenvalue weighted by atomic mass is 16.3. The highest BCUT2D eigenvalue weighted by molar-refractivity contribution is 5.33. The number of hydrogen-bond donors (Lipinski definition) is 1. The molecule has 1 heterocycles. The SMILES string of the molecule is CCNC(c1cccc(C2CCC2)c1)c1ccc(C)o1. The second-order valence-corrected chi connectivity index (χ2v) is 5.74. The van der Waals surface area contributed by atoms with Crippen LogP contribution in [-0.4, -0.2) is 6.54 Å². The van der Waals surface area contributed by atoms with E-state index >= 15 is 0 Å². The van der Waals surface area contributed by atoms with Crippen LogP contribution < -0.4 is 5.32 Å². The van der Waals surface area contributed by atoms with Gasteiger partial charge >= 0.3 is 0 Å². The average Bonchev–Trinajstić information content (AvgIpc) is 2.81. The van der Waals surface area contributed by atoms with Crippen molar-refractivity contribution in [3.63, 3.8) is 0 Å². The first kappa shape index (κ1) is 13.4. The van der Waals surface area contributed by atoms with E-state index in [0.29, 0.717) is 0 Å². The minimum atomic E-state index is 0.161. The normalized spacial score (nSPS) is 16.9. The molecule has 2 heteroatoms. The maximum absolute atomic E-state index is 5.83. The summed E-state index contributed by atoms with van der Waals surface area (Å²) < 4.78 is 5.83. The Morgan fingerprint density at radius 2 is 2.10 bits per heavy atom. The molecule has 1 aromatic heterocycles.